The van der Waals surface area contributed by atoms with Crippen molar-refractivity contribution < 1.29 is 0 Å². The topological polar surface area (TPSA) is 24.9 Å². The zero-order chi connectivity index (χ0) is 14.2. The third-order valence-electron chi connectivity index (χ3n) is 3.99. The third-order valence-corrected chi connectivity index (χ3v) is 5.45. The van der Waals surface area contributed by atoms with Crippen LogP contribution in [0.4, 0.5) is 0 Å². The quantitative estimate of drug-likeness (QED) is 0.892. The summed E-state index contributed by atoms with van der Waals surface area (Å²) in [4.78, 5) is 4.84. The van der Waals surface area contributed by atoms with Gasteiger partial charge in [0.1, 0.15) is 0 Å². The maximum atomic E-state index is 4.84. The molecule has 0 saturated carbocycles. The highest BCUT2D eigenvalue weighted by Crippen LogP contribution is 2.31. The van der Waals surface area contributed by atoms with Gasteiger partial charge in [0, 0.05) is 11.5 Å². The molecule has 0 amide bonds. The third kappa shape index (κ3) is 3.04. The van der Waals surface area contributed by atoms with Gasteiger partial charge in [0.25, 0.3) is 0 Å². The molecule has 2 aromatic rings. The lowest BCUT2D eigenvalue weighted by Crippen LogP contribution is -2.35. The van der Waals surface area contributed by atoms with Crippen LogP contribution >= 0.6 is 11.3 Å². The van der Waals surface area contributed by atoms with Crippen LogP contribution in [0.25, 0.3) is 10.2 Å². The highest BCUT2D eigenvalue weighted by atomic mass is 32.1. The Kier molecular flexibility index (Phi) is 3.83. The summed E-state index contributed by atoms with van der Waals surface area (Å²) in [5.74, 6) is 0. The highest BCUT2D eigenvalue weighted by Gasteiger charge is 2.19. The molecule has 0 spiro atoms. The molecule has 1 unspecified atom stereocenters. The molecule has 1 N–H and O–H groups in total. The van der Waals surface area contributed by atoms with Gasteiger partial charge in [0.05, 0.1) is 15.2 Å². The summed E-state index contributed by atoms with van der Waals surface area (Å²) < 4.78 is 1.32. The second-order valence-corrected chi connectivity index (χ2v) is 7.95. The summed E-state index contributed by atoms with van der Waals surface area (Å²) in [7, 11) is 0. The van der Waals surface area contributed by atoms with Crippen molar-refractivity contribution in [2.45, 2.75) is 57.9 Å². The summed E-state index contributed by atoms with van der Waals surface area (Å²) in [5, 5.41) is 4.86. The first-order chi connectivity index (χ1) is 9.52. The van der Waals surface area contributed by atoms with Gasteiger partial charge in [-0.25, -0.2) is 4.98 Å². The SMILES string of the molecule is CC(C)(C)c1nc2cc(CC3CCCCN3)ccc2s1. The Morgan fingerprint density at radius 3 is 2.85 bits per heavy atom. The summed E-state index contributed by atoms with van der Waals surface area (Å²) in [6.07, 6.45) is 5.14. The molecule has 0 bridgehead atoms. The maximum Gasteiger partial charge on any atom is 0.0992 e. The van der Waals surface area contributed by atoms with E-state index in [1.54, 1.807) is 0 Å². The van der Waals surface area contributed by atoms with Gasteiger partial charge in [-0.05, 0) is 43.5 Å². The molecular formula is C17H24N2S. The Bertz CT molecular complexity index is 589. The van der Waals surface area contributed by atoms with Crippen LogP contribution in [0.5, 0.6) is 0 Å². The average Bonchev–Trinajstić information content (AvgIpc) is 2.83. The molecule has 1 saturated heterocycles. The predicted molar refractivity (Wildman–Crippen MR) is 87.7 cm³/mol. The van der Waals surface area contributed by atoms with Crippen molar-refractivity contribution in [3.63, 3.8) is 0 Å². The van der Waals surface area contributed by atoms with Crippen LogP contribution < -0.4 is 5.32 Å². The molecule has 3 heteroatoms. The van der Waals surface area contributed by atoms with E-state index in [9.17, 15) is 0 Å². The lowest BCUT2D eigenvalue weighted by Gasteiger charge is -2.23. The van der Waals surface area contributed by atoms with Crippen LogP contribution in [0.2, 0.25) is 0 Å². The number of hydrogen-bond acceptors (Lipinski definition) is 3. The normalized spacial score (nSPS) is 20.4. The Morgan fingerprint density at radius 2 is 2.15 bits per heavy atom. The van der Waals surface area contributed by atoms with E-state index in [0.717, 1.165) is 6.42 Å². The van der Waals surface area contributed by atoms with Crippen LogP contribution in [0, 0.1) is 0 Å². The molecule has 2 heterocycles. The van der Waals surface area contributed by atoms with E-state index in [1.807, 2.05) is 11.3 Å². The molecule has 1 atom stereocenters. The molecule has 1 aliphatic rings. The summed E-state index contributed by atoms with van der Waals surface area (Å²) in [6.45, 7) is 7.88. The number of rotatable bonds is 2. The Morgan fingerprint density at radius 1 is 1.30 bits per heavy atom. The van der Waals surface area contributed by atoms with Crippen molar-refractivity contribution >= 4 is 21.6 Å². The van der Waals surface area contributed by atoms with Crippen LogP contribution in [0.15, 0.2) is 18.2 Å². The van der Waals surface area contributed by atoms with Crippen molar-refractivity contribution in [1.29, 1.82) is 0 Å². The summed E-state index contributed by atoms with van der Waals surface area (Å²) in [6, 6.07) is 7.47. The fourth-order valence-corrected chi connectivity index (χ4v) is 3.81. The molecular weight excluding hydrogens is 264 g/mol. The largest absolute Gasteiger partial charge is 0.314 e. The number of hydrogen-bond donors (Lipinski definition) is 1. The molecule has 0 radical (unpaired) electrons. The minimum Gasteiger partial charge on any atom is -0.314 e. The van der Waals surface area contributed by atoms with Gasteiger partial charge in [0.15, 0.2) is 0 Å². The van der Waals surface area contributed by atoms with Crippen molar-refractivity contribution in [2.75, 3.05) is 6.54 Å². The Labute approximate surface area is 125 Å². The zero-order valence-electron chi connectivity index (χ0n) is 12.7. The van der Waals surface area contributed by atoms with Gasteiger partial charge < -0.3 is 5.32 Å². The molecule has 108 valence electrons. The number of fused-ring (bicyclic) bond motifs is 1. The van der Waals surface area contributed by atoms with Crippen LogP contribution in [-0.2, 0) is 11.8 Å². The van der Waals surface area contributed by atoms with Gasteiger partial charge >= 0.3 is 0 Å². The van der Waals surface area contributed by atoms with E-state index in [1.165, 1.54) is 46.6 Å². The minimum atomic E-state index is 0.148. The molecule has 1 aromatic carbocycles. The monoisotopic (exact) mass is 288 g/mol. The number of nitrogens with zero attached hydrogens (tertiary/aromatic N) is 1. The van der Waals surface area contributed by atoms with Crippen LogP contribution in [0.3, 0.4) is 0 Å². The van der Waals surface area contributed by atoms with E-state index < -0.39 is 0 Å². The molecule has 1 aliphatic heterocycles. The van der Waals surface area contributed by atoms with Gasteiger partial charge in [-0.2, -0.15) is 0 Å². The van der Waals surface area contributed by atoms with Gasteiger partial charge in [0.2, 0.25) is 0 Å². The molecule has 20 heavy (non-hydrogen) atoms. The zero-order valence-corrected chi connectivity index (χ0v) is 13.5. The highest BCUT2D eigenvalue weighted by molar-refractivity contribution is 7.18. The first-order valence-electron chi connectivity index (χ1n) is 7.66. The molecule has 0 aliphatic carbocycles. The number of aromatic nitrogens is 1. The van der Waals surface area contributed by atoms with Crippen molar-refractivity contribution in [3.05, 3.63) is 28.8 Å². The second kappa shape index (κ2) is 5.45. The van der Waals surface area contributed by atoms with Gasteiger partial charge in [-0.3, -0.25) is 0 Å². The standard InChI is InChI=1S/C17H24N2S/c1-17(2,3)16-19-14-11-12(7-8-15(14)20-16)10-13-6-4-5-9-18-13/h7-8,11,13,18H,4-6,9-10H2,1-3H3. The molecule has 1 aromatic heterocycles. The fraction of sp³-hybridized carbons (Fsp3) is 0.588. The van der Waals surface area contributed by atoms with E-state index in [2.05, 4.69) is 44.3 Å². The summed E-state index contributed by atoms with van der Waals surface area (Å²) >= 11 is 1.83. The smallest absolute Gasteiger partial charge is 0.0992 e. The van der Waals surface area contributed by atoms with E-state index in [0.29, 0.717) is 6.04 Å². The lowest BCUT2D eigenvalue weighted by molar-refractivity contribution is 0.399. The van der Waals surface area contributed by atoms with E-state index in [-0.39, 0.29) is 5.41 Å². The first kappa shape index (κ1) is 14.0. The molecule has 3 rings (SSSR count). The fourth-order valence-electron chi connectivity index (χ4n) is 2.80. The molecule has 1 fully saturated rings. The lowest BCUT2D eigenvalue weighted by atomic mass is 9.97. The van der Waals surface area contributed by atoms with E-state index >= 15 is 0 Å². The molecule has 2 nitrogen and oxygen atoms in total. The second-order valence-electron chi connectivity index (χ2n) is 6.92. The minimum absolute atomic E-state index is 0.148. The number of thiazole rings is 1. The number of benzene rings is 1. The van der Waals surface area contributed by atoms with Crippen LogP contribution in [-0.4, -0.2) is 17.6 Å². The number of piperidine rings is 1. The van der Waals surface area contributed by atoms with E-state index in [4.69, 9.17) is 4.98 Å². The van der Waals surface area contributed by atoms with Gasteiger partial charge in [-0.1, -0.05) is 33.3 Å². The Hall–Kier alpha value is -0.930. The maximum absolute atomic E-state index is 4.84. The van der Waals surface area contributed by atoms with Crippen molar-refractivity contribution in [2.24, 2.45) is 0 Å². The number of nitrogens with one attached hydrogen (secondary N) is 1. The predicted octanol–water partition coefficient (Wildman–Crippen LogP) is 4.28. The summed E-state index contributed by atoms with van der Waals surface area (Å²) in [5.41, 5.74) is 2.74. The van der Waals surface area contributed by atoms with Crippen molar-refractivity contribution in [3.8, 4) is 0 Å². The Balaban J connectivity index is 1.82. The first-order valence-corrected chi connectivity index (χ1v) is 8.47. The van der Waals surface area contributed by atoms with Gasteiger partial charge in [-0.15, -0.1) is 11.3 Å². The van der Waals surface area contributed by atoms with Crippen molar-refractivity contribution in [1.82, 2.24) is 10.3 Å². The van der Waals surface area contributed by atoms with Crippen LogP contribution in [0.1, 0.15) is 50.6 Å². The average molecular weight is 288 g/mol.